The summed E-state index contributed by atoms with van der Waals surface area (Å²) in [5, 5.41) is 16.6. The Morgan fingerprint density at radius 1 is 1.08 bits per heavy atom. The first-order chi connectivity index (χ1) is 18.1. The molecule has 6 rings (SSSR count). The van der Waals surface area contributed by atoms with Gasteiger partial charge in [0.05, 0.1) is 29.7 Å². The molecule has 1 saturated heterocycles. The Labute approximate surface area is 218 Å². The molecule has 0 spiro atoms. The van der Waals surface area contributed by atoms with Crippen LogP contribution in [0.15, 0.2) is 36.8 Å². The van der Waals surface area contributed by atoms with E-state index in [1.807, 2.05) is 6.20 Å². The van der Waals surface area contributed by atoms with Crippen molar-refractivity contribution >= 4 is 27.2 Å². The zero-order valence-corrected chi connectivity index (χ0v) is 21.6. The fourth-order valence-electron chi connectivity index (χ4n) is 5.18. The molecule has 1 fully saturated rings. The van der Waals surface area contributed by atoms with Crippen LogP contribution in [0.25, 0.3) is 20.7 Å². The first-order valence-corrected chi connectivity index (χ1v) is 13.5. The van der Waals surface area contributed by atoms with E-state index in [-0.39, 0.29) is 10.6 Å². The second-order valence-corrected chi connectivity index (χ2v) is 10.7. The number of nitrogens with zero attached hydrogens (tertiary/aromatic N) is 7. The molecule has 4 heterocycles. The number of likely N-dealkylation sites (N-methyl/N-ethyl adjacent to an activating group) is 1. The van der Waals surface area contributed by atoms with E-state index in [1.165, 1.54) is 33.8 Å². The Kier molecular flexibility index (Phi) is 6.58. The van der Waals surface area contributed by atoms with E-state index < -0.39 is 0 Å². The van der Waals surface area contributed by atoms with Crippen LogP contribution in [-0.2, 0) is 25.8 Å². The molecule has 4 aromatic rings. The van der Waals surface area contributed by atoms with Crippen LogP contribution in [-0.4, -0.2) is 80.8 Å². The molecule has 3 aromatic heterocycles. The summed E-state index contributed by atoms with van der Waals surface area (Å²) in [7, 11) is 2.18. The van der Waals surface area contributed by atoms with Crippen molar-refractivity contribution in [3.05, 3.63) is 63.7 Å². The molecule has 0 N–H and O–H groups in total. The Balaban J connectivity index is 1.17. The summed E-state index contributed by atoms with van der Waals surface area (Å²) in [5.74, 6) is 0.607. The minimum Gasteiger partial charge on any atom is -0.477 e. The van der Waals surface area contributed by atoms with Gasteiger partial charge in [-0.3, -0.25) is 19.7 Å². The first-order valence-electron chi connectivity index (χ1n) is 12.7. The molecule has 2 aliphatic rings. The average Bonchev–Trinajstić information content (AvgIpc) is 3.50. The largest absolute Gasteiger partial charge is 0.477 e. The van der Waals surface area contributed by atoms with Gasteiger partial charge in [-0.25, -0.2) is 9.97 Å². The second-order valence-electron chi connectivity index (χ2n) is 9.66. The standard InChI is InChI=1S/C26H29N7O3S/c1-30-9-11-31(12-10-30)13-14-32-22-7-6-20-23-25(27-17-28-26(23)37-24(20)21(22)16-29-32)36-15-8-18-2-4-19(5-3-18)33(34)35/h2-5,16-17H,6-15H2,1H3. The number of ether oxygens (including phenoxy) is 1. The molecule has 1 aliphatic carbocycles. The lowest BCUT2D eigenvalue weighted by molar-refractivity contribution is -0.384. The molecule has 1 aliphatic heterocycles. The highest BCUT2D eigenvalue weighted by Crippen LogP contribution is 2.45. The topological polar surface area (TPSA) is 102 Å². The summed E-state index contributed by atoms with van der Waals surface area (Å²) in [6.45, 7) is 6.86. The van der Waals surface area contributed by atoms with Crippen molar-refractivity contribution in [2.45, 2.75) is 25.8 Å². The van der Waals surface area contributed by atoms with Gasteiger partial charge < -0.3 is 9.64 Å². The van der Waals surface area contributed by atoms with Crippen LogP contribution in [0, 0.1) is 10.1 Å². The van der Waals surface area contributed by atoms with Crippen LogP contribution in [0.1, 0.15) is 16.8 Å². The Hall–Kier alpha value is -3.41. The van der Waals surface area contributed by atoms with Gasteiger partial charge in [0.15, 0.2) is 0 Å². The van der Waals surface area contributed by atoms with Crippen LogP contribution in [0.3, 0.4) is 0 Å². The van der Waals surface area contributed by atoms with Crippen LogP contribution in [0.4, 0.5) is 5.69 Å². The zero-order valence-electron chi connectivity index (χ0n) is 20.8. The summed E-state index contributed by atoms with van der Waals surface area (Å²) in [5.41, 5.74) is 4.84. The third-order valence-electron chi connectivity index (χ3n) is 7.36. The quantitative estimate of drug-likeness (QED) is 0.258. The third-order valence-corrected chi connectivity index (χ3v) is 8.53. The lowest BCUT2D eigenvalue weighted by atomic mass is 9.95. The first kappa shape index (κ1) is 24.0. The third kappa shape index (κ3) is 4.81. The van der Waals surface area contributed by atoms with Crippen molar-refractivity contribution in [1.29, 1.82) is 0 Å². The van der Waals surface area contributed by atoms with Crippen molar-refractivity contribution < 1.29 is 9.66 Å². The van der Waals surface area contributed by atoms with Gasteiger partial charge in [-0.15, -0.1) is 11.3 Å². The number of nitro benzene ring substituents is 1. The van der Waals surface area contributed by atoms with Gasteiger partial charge in [0.25, 0.3) is 5.69 Å². The highest BCUT2D eigenvalue weighted by Gasteiger charge is 2.27. The summed E-state index contributed by atoms with van der Waals surface area (Å²) < 4.78 is 8.31. The fraction of sp³-hybridized carbons (Fsp3) is 0.423. The molecular weight excluding hydrogens is 490 g/mol. The highest BCUT2D eigenvalue weighted by molar-refractivity contribution is 7.22. The van der Waals surface area contributed by atoms with E-state index in [0.717, 1.165) is 67.9 Å². The number of aryl methyl sites for hydroxylation is 1. The van der Waals surface area contributed by atoms with E-state index in [0.29, 0.717) is 18.9 Å². The smallest absolute Gasteiger partial charge is 0.269 e. The minimum atomic E-state index is -0.389. The maximum atomic E-state index is 10.9. The lowest BCUT2D eigenvalue weighted by Crippen LogP contribution is -2.45. The van der Waals surface area contributed by atoms with Crippen LogP contribution < -0.4 is 4.74 Å². The van der Waals surface area contributed by atoms with Gasteiger partial charge in [-0.05, 0) is 31.0 Å². The van der Waals surface area contributed by atoms with Gasteiger partial charge in [0.1, 0.15) is 11.2 Å². The van der Waals surface area contributed by atoms with E-state index in [1.54, 1.807) is 29.8 Å². The average molecular weight is 520 g/mol. The van der Waals surface area contributed by atoms with Crippen molar-refractivity contribution in [2.24, 2.45) is 0 Å². The molecule has 10 nitrogen and oxygen atoms in total. The van der Waals surface area contributed by atoms with Gasteiger partial charge in [-0.2, -0.15) is 5.10 Å². The molecular formula is C26H29N7O3S. The number of non-ortho nitro benzene ring substituents is 1. The summed E-state index contributed by atoms with van der Waals surface area (Å²) in [6.07, 6.45) is 6.06. The summed E-state index contributed by atoms with van der Waals surface area (Å²) in [4.78, 5) is 26.6. The molecule has 0 saturated carbocycles. The second kappa shape index (κ2) is 10.2. The number of thiophene rings is 1. The molecule has 37 heavy (non-hydrogen) atoms. The number of benzene rings is 1. The van der Waals surface area contributed by atoms with Crippen molar-refractivity contribution in [3.63, 3.8) is 0 Å². The minimum absolute atomic E-state index is 0.0918. The van der Waals surface area contributed by atoms with Crippen molar-refractivity contribution in [2.75, 3.05) is 46.4 Å². The number of rotatable bonds is 8. The van der Waals surface area contributed by atoms with Gasteiger partial charge in [0, 0.05) is 67.4 Å². The number of fused-ring (bicyclic) bond motifs is 5. The van der Waals surface area contributed by atoms with E-state index in [2.05, 4.69) is 31.5 Å². The molecule has 0 amide bonds. The Morgan fingerprint density at radius 3 is 2.68 bits per heavy atom. The molecule has 0 bridgehead atoms. The van der Waals surface area contributed by atoms with E-state index in [9.17, 15) is 10.1 Å². The monoisotopic (exact) mass is 519 g/mol. The predicted octanol–water partition coefficient (Wildman–Crippen LogP) is 3.43. The van der Waals surface area contributed by atoms with Gasteiger partial charge in [-0.1, -0.05) is 12.1 Å². The normalized spacial score (nSPS) is 16.0. The van der Waals surface area contributed by atoms with Crippen molar-refractivity contribution in [3.8, 4) is 16.3 Å². The number of aromatic nitrogens is 4. The molecule has 11 heteroatoms. The van der Waals surface area contributed by atoms with Gasteiger partial charge >= 0.3 is 0 Å². The molecule has 1 aromatic carbocycles. The number of nitro groups is 1. The van der Waals surface area contributed by atoms with Crippen molar-refractivity contribution in [1.82, 2.24) is 29.5 Å². The maximum absolute atomic E-state index is 10.9. The van der Waals surface area contributed by atoms with Crippen LogP contribution in [0.5, 0.6) is 5.88 Å². The maximum Gasteiger partial charge on any atom is 0.269 e. The van der Waals surface area contributed by atoms with Crippen LogP contribution in [0.2, 0.25) is 0 Å². The van der Waals surface area contributed by atoms with Gasteiger partial charge in [0.2, 0.25) is 5.88 Å². The molecule has 0 atom stereocenters. The fourth-order valence-corrected chi connectivity index (χ4v) is 6.40. The number of hydrogen-bond donors (Lipinski definition) is 0. The lowest BCUT2D eigenvalue weighted by Gasteiger charge is -2.32. The summed E-state index contributed by atoms with van der Waals surface area (Å²) >= 11 is 1.69. The highest BCUT2D eigenvalue weighted by atomic mass is 32.1. The SMILES string of the molecule is CN1CCN(CCn2ncc3c2CCc2c-3sc3ncnc(OCCc4ccc([N+](=O)[O-])cc4)c23)CC1. The molecule has 192 valence electrons. The summed E-state index contributed by atoms with van der Waals surface area (Å²) in [6, 6.07) is 6.59. The number of piperazine rings is 1. The van der Waals surface area contributed by atoms with Crippen LogP contribution >= 0.6 is 11.3 Å². The van der Waals surface area contributed by atoms with E-state index >= 15 is 0 Å². The Morgan fingerprint density at radius 2 is 1.89 bits per heavy atom. The predicted molar refractivity (Wildman–Crippen MR) is 142 cm³/mol. The molecule has 0 unspecified atom stereocenters. The molecule has 0 radical (unpaired) electrons. The number of hydrogen-bond acceptors (Lipinski definition) is 9. The van der Waals surface area contributed by atoms with E-state index in [4.69, 9.17) is 9.84 Å². The Bertz CT molecular complexity index is 1420. The zero-order chi connectivity index (χ0) is 25.4.